The third kappa shape index (κ3) is 4.02. The van der Waals surface area contributed by atoms with Crippen LogP contribution in [0.4, 0.5) is 0 Å². The minimum atomic E-state index is -0.644. The van der Waals surface area contributed by atoms with Gasteiger partial charge in [0.2, 0.25) is 5.91 Å². The van der Waals surface area contributed by atoms with E-state index in [1.807, 2.05) is 6.92 Å². The summed E-state index contributed by atoms with van der Waals surface area (Å²) in [5.74, 6) is 0.237. The van der Waals surface area contributed by atoms with Gasteiger partial charge in [0.15, 0.2) is 0 Å². The molecule has 0 spiro atoms. The van der Waals surface area contributed by atoms with Crippen molar-refractivity contribution in [2.24, 2.45) is 0 Å². The number of hydrogen-bond acceptors (Lipinski definition) is 5. The van der Waals surface area contributed by atoms with Gasteiger partial charge in [-0.15, -0.1) is 0 Å². The average Bonchev–Trinajstić information content (AvgIpc) is 3.05. The predicted octanol–water partition coefficient (Wildman–Crippen LogP) is 0.238. The highest BCUT2D eigenvalue weighted by molar-refractivity contribution is 5.76. The average molecular weight is 335 g/mol. The van der Waals surface area contributed by atoms with Crippen molar-refractivity contribution in [2.45, 2.75) is 39.4 Å². The molecule has 2 aromatic rings. The van der Waals surface area contributed by atoms with Gasteiger partial charge in [-0.25, -0.2) is 4.79 Å². The van der Waals surface area contributed by atoms with E-state index in [1.54, 1.807) is 19.1 Å². The Morgan fingerprint density at radius 1 is 1.46 bits per heavy atom. The second-order valence-electron chi connectivity index (χ2n) is 5.54. The van der Waals surface area contributed by atoms with E-state index in [4.69, 9.17) is 4.42 Å². The van der Waals surface area contributed by atoms with Crippen LogP contribution in [-0.4, -0.2) is 38.1 Å². The van der Waals surface area contributed by atoms with Gasteiger partial charge in [-0.05, 0) is 25.5 Å². The Kier molecular flexibility index (Phi) is 5.75. The molecule has 1 amide bonds. The SMILES string of the molecule is CC[C@@H](CO)N(Cc1ccco1)C(=O)Cn1cc(C)c(=O)[nH]c1=O. The van der Waals surface area contributed by atoms with E-state index >= 15 is 0 Å². The molecule has 24 heavy (non-hydrogen) atoms. The highest BCUT2D eigenvalue weighted by Crippen LogP contribution is 2.12. The van der Waals surface area contributed by atoms with Crippen molar-refractivity contribution in [1.29, 1.82) is 0 Å². The topological polar surface area (TPSA) is 109 Å². The molecule has 0 radical (unpaired) electrons. The molecular formula is C16H21N3O5. The summed E-state index contributed by atoms with van der Waals surface area (Å²) >= 11 is 0. The van der Waals surface area contributed by atoms with Gasteiger partial charge in [0.1, 0.15) is 12.3 Å². The van der Waals surface area contributed by atoms with Gasteiger partial charge in [-0.1, -0.05) is 6.92 Å². The molecule has 0 fully saturated rings. The number of carbonyl (C=O) groups excluding carboxylic acids is 1. The molecule has 2 heterocycles. The summed E-state index contributed by atoms with van der Waals surface area (Å²) in [6.45, 7) is 3.19. The number of nitrogens with zero attached hydrogens (tertiary/aromatic N) is 2. The molecule has 2 rings (SSSR count). The van der Waals surface area contributed by atoms with Gasteiger partial charge in [0.25, 0.3) is 5.56 Å². The number of aliphatic hydroxyl groups is 1. The van der Waals surface area contributed by atoms with Gasteiger partial charge in [-0.3, -0.25) is 19.1 Å². The summed E-state index contributed by atoms with van der Waals surface area (Å²) in [6, 6.07) is 3.07. The predicted molar refractivity (Wildman–Crippen MR) is 86.5 cm³/mol. The molecule has 2 aromatic heterocycles. The zero-order valence-electron chi connectivity index (χ0n) is 13.7. The molecule has 0 saturated carbocycles. The molecule has 2 N–H and O–H groups in total. The molecule has 0 aromatic carbocycles. The second kappa shape index (κ2) is 7.78. The second-order valence-corrected chi connectivity index (χ2v) is 5.54. The van der Waals surface area contributed by atoms with Crippen molar-refractivity contribution in [3.8, 4) is 0 Å². The van der Waals surface area contributed by atoms with E-state index in [2.05, 4.69) is 4.98 Å². The van der Waals surface area contributed by atoms with E-state index < -0.39 is 11.2 Å². The Morgan fingerprint density at radius 3 is 2.79 bits per heavy atom. The summed E-state index contributed by atoms with van der Waals surface area (Å²) in [5, 5.41) is 9.53. The van der Waals surface area contributed by atoms with Crippen LogP contribution in [0.25, 0.3) is 0 Å². The normalized spacial score (nSPS) is 12.1. The number of aliphatic hydroxyl groups excluding tert-OH is 1. The minimum absolute atomic E-state index is 0.192. The first-order chi connectivity index (χ1) is 11.5. The molecule has 1 atom stereocenters. The van der Waals surface area contributed by atoms with Crippen LogP contribution in [0.2, 0.25) is 0 Å². The molecule has 8 nitrogen and oxygen atoms in total. The number of amides is 1. The lowest BCUT2D eigenvalue weighted by Crippen LogP contribution is -2.45. The molecule has 0 aliphatic heterocycles. The number of H-pyrrole nitrogens is 1. The largest absolute Gasteiger partial charge is 0.467 e. The van der Waals surface area contributed by atoms with Crippen molar-refractivity contribution < 1.29 is 14.3 Å². The fraction of sp³-hybridized carbons (Fsp3) is 0.438. The van der Waals surface area contributed by atoms with Gasteiger partial charge in [0, 0.05) is 11.8 Å². The number of nitrogens with one attached hydrogen (secondary N) is 1. The Balaban J connectivity index is 2.25. The summed E-state index contributed by atoms with van der Waals surface area (Å²) in [4.78, 5) is 39.6. The Hall–Kier alpha value is -2.61. The Bertz CT molecular complexity index is 787. The summed E-state index contributed by atoms with van der Waals surface area (Å²) < 4.78 is 6.42. The highest BCUT2D eigenvalue weighted by Gasteiger charge is 2.23. The number of aromatic nitrogens is 2. The fourth-order valence-corrected chi connectivity index (χ4v) is 2.41. The molecule has 0 unspecified atom stereocenters. The number of aromatic amines is 1. The number of hydrogen-bond donors (Lipinski definition) is 2. The molecule has 130 valence electrons. The van der Waals surface area contributed by atoms with Crippen molar-refractivity contribution in [3.05, 3.63) is 56.8 Å². The Morgan fingerprint density at radius 2 is 2.21 bits per heavy atom. The smallest absolute Gasteiger partial charge is 0.328 e. The maximum Gasteiger partial charge on any atom is 0.328 e. The van der Waals surface area contributed by atoms with Crippen LogP contribution < -0.4 is 11.2 Å². The van der Waals surface area contributed by atoms with E-state index in [9.17, 15) is 19.5 Å². The van der Waals surface area contributed by atoms with Gasteiger partial charge in [-0.2, -0.15) is 0 Å². The number of carbonyl (C=O) groups is 1. The summed E-state index contributed by atoms with van der Waals surface area (Å²) in [6.07, 6.45) is 3.42. The molecular weight excluding hydrogens is 314 g/mol. The van der Waals surface area contributed by atoms with Crippen molar-refractivity contribution in [3.63, 3.8) is 0 Å². The third-order valence-corrected chi connectivity index (χ3v) is 3.84. The fourth-order valence-electron chi connectivity index (χ4n) is 2.41. The van der Waals surface area contributed by atoms with Crippen LogP contribution in [0.5, 0.6) is 0 Å². The Labute approximate surface area is 138 Å². The summed E-state index contributed by atoms with van der Waals surface area (Å²) in [7, 11) is 0. The molecule has 0 bridgehead atoms. The van der Waals surface area contributed by atoms with E-state index in [0.717, 1.165) is 4.57 Å². The monoisotopic (exact) mass is 335 g/mol. The molecule has 8 heteroatoms. The van der Waals surface area contributed by atoms with Gasteiger partial charge >= 0.3 is 5.69 Å². The van der Waals surface area contributed by atoms with Crippen LogP contribution in [-0.2, 0) is 17.9 Å². The van der Waals surface area contributed by atoms with E-state index in [0.29, 0.717) is 17.7 Å². The number of furan rings is 1. The van der Waals surface area contributed by atoms with Crippen LogP contribution in [0.1, 0.15) is 24.7 Å². The maximum absolute atomic E-state index is 12.7. The lowest BCUT2D eigenvalue weighted by Gasteiger charge is -2.29. The lowest BCUT2D eigenvalue weighted by atomic mass is 10.2. The number of aryl methyl sites for hydroxylation is 1. The molecule has 0 aliphatic carbocycles. The van der Waals surface area contributed by atoms with Crippen molar-refractivity contribution >= 4 is 5.91 Å². The third-order valence-electron chi connectivity index (χ3n) is 3.84. The van der Waals surface area contributed by atoms with Crippen molar-refractivity contribution in [1.82, 2.24) is 14.5 Å². The van der Waals surface area contributed by atoms with Crippen LogP contribution in [0.3, 0.4) is 0 Å². The molecule has 0 saturated heterocycles. The quantitative estimate of drug-likeness (QED) is 0.753. The minimum Gasteiger partial charge on any atom is -0.467 e. The highest BCUT2D eigenvalue weighted by atomic mass is 16.3. The maximum atomic E-state index is 12.7. The summed E-state index contributed by atoms with van der Waals surface area (Å²) in [5.41, 5.74) is -0.777. The van der Waals surface area contributed by atoms with Gasteiger partial charge in [0.05, 0.1) is 25.5 Å². The van der Waals surface area contributed by atoms with E-state index in [1.165, 1.54) is 17.4 Å². The number of rotatable bonds is 7. The molecule has 0 aliphatic rings. The first-order valence-electron chi connectivity index (χ1n) is 7.69. The van der Waals surface area contributed by atoms with Crippen molar-refractivity contribution in [2.75, 3.05) is 6.61 Å². The lowest BCUT2D eigenvalue weighted by molar-refractivity contribution is -0.136. The van der Waals surface area contributed by atoms with E-state index in [-0.39, 0.29) is 31.6 Å². The van der Waals surface area contributed by atoms with Crippen LogP contribution >= 0.6 is 0 Å². The standard InChI is InChI=1S/C16H21N3O5/c1-3-12(10-20)19(8-13-5-4-6-24-13)14(21)9-18-7-11(2)15(22)17-16(18)23/h4-7,12,20H,3,8-10H2,1-2H3,(H,17,22,23)/t12-/m0/s1. The first kappa shape index (κ1) is 17.7. The van der Waals surface area contributed by atoms with Gasteiger partial charge < -0.3 is 14.4 Å². The zero-order valence-corrected chi connectivity index (χ0v) is 13.7. The first-order valence-corrected chi connectivity index (χ1v) is 7.69. The van der Waals surface area contributed by atoms with Crippen LogP contribution in [0, 0.1) is 6.92 Å². The zero-order chi connectivity index (χ0) is 17.7. The van der Waals surface area contributed by atoms with Crippen LogP contribution in [0.15, 0.2) is 38.6 Å².